The molecule has 0 bridgehead atoms. The highest BCUT2D eigenvalue weighted by Gasteiger charge is 2.31. The van der Waals surface area contributed by atoms with Crippen molar-refractivity contribution >= 4 is 48.7 Å². The van der Waals surface area contributed by atoms with Crippen LogP contribution >= 0.6 is 22.7 Å². The van der Waals surface area contributed by atoms with Crippen LogP contribution in [0.15, 0.2) is 57.4 Å². The number of hydrogen-bond donors (Lipinski definition) is 1. The van der Waals surface area contributed by atoms with Crippen LogP contribution in [0.2, 0.25) is 0 Å². The summed E-state index contributed by atoms with van der Waals surface area (Å²) in [5, 5.41) is 5.10. The van der Waals surface area contributed by atoms with Gasteiger partial charge in [0.15, 0.2) is 0 Å². The predicted molar refractivity (Wildman–Crippen MR) is 135 cm³/mol. The van der Waals surface area contributed by atoms with E-state index in [1.165, 1.54) is 22.5 Å². The van der Waals surface area contributed by atoms with Crippen LogP contribution in [-0.2, 0) is 10.0 Å². The minimum absolute atomic E-state index is 0.0651. The Bertz CT molecular complexity index is 1370. The quantitative estimate of drug-likeness (QED) is 0.395. The number of aromatic nitrogens is 2. The zero-order chi connectivity index (χ0) is 22.4. The van der Waals surface area contributed by atoms with Crippen molar-refractivity contribution in [1.29, 1.82) is 0 Å². The third-order valence-corrected chi connectivity index (χ3v) is 10.1. The van der Waals surface area contributed by atoms with Gasteiger partial charge < -0.3 is 4.90 Å². The second-order valence-corrected chi connectivity index (χ2v) is 12.4. The molecular formula is C24H24N4O2S3. The van der Waals surface area contributed by atoms with Crippen LogP contribution in [0.5, 0.6) is 0 Å². The lowest BCUT2D eigenvalue weighted by Crippen LogP contribution is -2.44. The van der Waals surface area contributed by atoms with Gasteiger partial charge in [0, 0.05) is 36.0 Å². The van der Waals surface area contributed by atoms with Crippen molar-refractivity contribution in [2.45, 2.75) is 41.9 Å². The van der Waals surface area contributed by atoms with E-state index in [0.717, 1.165) is 60.6 Å². The molecule has 0 spiro atoms. The minimum Gasteiger partial charge on any atom is -0.356 e. The maximum Gasteiger partial charge on any atom is 0.250 e. The fourth-order valence-electron chi connectivity index (χ4n) is 4.43. The van der Waals surface area contributed by atoms with Crippen LogP contribution < -0.4 is 9.62 Å². The zero-order valence-corrected chi connectivity index (χ0v) is 20.4. The summed E-state index contributed by atoms with van der Waals surface area (Å²) in [6, 6.07) is 13.8. The van der Waals surface area contributed by atoms with E-state index in [1.807, 2.05) is 6.07 Å². The van der Waals surface area contributed by atoms with E-state index in [-0.39, 0.29) is 6.04 Å². The molecule has 4 heterocycles. The van der Waals surface area contributed by atoms with Gasteiger partial charge in [0.05, 0.1) is 5.39 Å². The van der Waals surface area contributed by atoms with E-state index in [4.69, 9.17) is 9.97 Å². The van der Waals surface area contributed by atoms with Gasteiger partial charge in [-0.1, -0.05) is 36.4 Å². The number of anilines is 1. The van der Waals surface area contributed by atoms with Crippen molar-refractivity contribution in [3.05, 3.63) is 59.0 Å². The summed E-state index contributed by atoms with van der Waals surface area (Å²) in [7, 11) is -3.45. The Balaban J connectivity index is 1.30. The molecule has 0 unspecified atom stereocenters. The van der Waals surface area contributed by atoms with Gasteiger partial charge in [0.25, 0.3) is 0 Å². The largest absolute Gasteiger partial charge is 0.356 e. The molecule has 2 fully saturated rings. The summed E-state index contributed by atoms with van der Waals surface area (Å²) >= 11 is 2.94. The van der Waals surface area contributed by atoms with E-state index in [2.05, 4.69) is 39.3 Å². The normalized spacial score (nSPS) is 17.6. The Hall–Kier alpha value is -2.33. The van der Waals surface area contributed by atoms with Crippen LogP contribution in [0.3, 0.4) is 0 Å². The van der Waals surface area contributed by atoms with Gasteiger partial charge in [-0.2, -0.15) is 0 Å². The van der Waals surface area contributed by atoms with E-state index < -0.39 is 10.0 Å². The Morgan fingerprint density at radius 2 is 1.73 bits per heavy atom. The van der Waals surface area contributed by atoms with Crippen LogP contribution in [0.1, 0.15) is 37.4 Å². The molecule has 1 N–H and O–H groups in total. The first kappa shape index (κ1) is 21.2. The van der Waals surface area contributed by atoms with Crippen molar-refractivity contribution in [2.75, 3.05) is 18.0 Å². The molecule has 1 aliphatic heterocycles. The van der Waals surface area contributed by atoms with Crippen molar-refractivity contribution in [2.24, 2.45) is 0 Å². The number of thiophene rings is 2. The Morgan fingerprint density at radius 3 is 2.42 bits per heavy atom. The van der Waals surface area contributed by atoms with Gasteiger partial charge in [-0.3, -0.25) is 0 Å². The lowest BCUT2D eigenvalue weighted by atomic mass is 10.0. The summed E-state index contributed by atoms with van der Waals surface area (Å²) in [5.74, 6) is 2.44. The number of piperidine rings is 1. The molecule has 0 radical (unpaired) electrons. The van der Waals surface area contributed by atoms with Crippen LogP contribution in [-0.4, -0.2) is 37.5 Å². The molecule has 9 heteroatoms. The first-order valence-electron chi connectivity index (χ1n) is 11.2. The molecule has 4 aromatic rings. The molecule has 2 aliphatic rings. The average Bonchev–Trinajstić information content (AvgIpc) is 3.35. The lowest BCUT2D eigenvalue weighted by molar-refractivity contribution is 0.459. The molecule has 1 saturated heterocycles. The monoisotopic (exact) mass is 496 g/mol. The number of nitrogens with zero attached hydrogens (tertiary/aromatic N) is 3. The summed E-state index contributed by atoms with van der Waals surface area (Å²) < 4.78 is 28.6. The molecule has 6 nitrogen and oxygen atoms in total. The molecule has 3 aromatic heterocycles. The smallest absolute Gasteiger partial charge is 0.250 e. The van der Waals surface area contributed by atoms with Crippen LogP contribution in [0.4, 0.5) is 5.82 Å². The van der Waals surface area contributed by atoms with Gasteiger partial charge in [0.2, 0.25) is 10.0 Å². The van der Waals surface area contributed by atoms with Crippen molar-refractivity contribution < 1.29 is 8.42 Å². The summed E-state index contributed by atoms with van der Waals surface area (Å²) in [6.45, 7) is 1.52. The lowest BCUT2D eigenvalue weighted by Gasteiger charge is -2.33. The Morgan fingerprint density at radius 1 is 0.939 bits per heavy atom. The Labute approximate surface area is 201 Å². The highest BCUT2D eigenvalue weighted by Crippen LogP contribution is 2.43. The first-order chi connectivity index (χ1) is 16.1. The molecule has 33 heavy (non-hydrogen) atoms. The van der Waals surface area contributed by atoms with Gasteiger partial charge in [0.1, 0.15) is 20.7 Å². The number of rotatable bonds is 6. The predicted octanol–water partition coefficient (Wildman–Crippen LogP) is 5.24. The molecule has 170 valence electrons. The highest BCUT2D eigenvalue weighted by atomic mass is 32.2. The maximum atomic E-state index is 12.6. The Kier molecular flexibility index (Phi) is 5.44. The van der Waals surface area contributed by atoms with Crippen LogP contribution in [0.25, 0.3) is 21.3 Å². The van der Waals surface area contributed by atoms with Gasteiger partial charge in [-0.15, -0.1) is 22.7 Å². The van der Waals surface area contributed by atoms with Gasteiger partial charge >= 0.3 is 0 Å². The number of benzene rings is 1. The minimum atomic E-state index is -3.45. The highest BCUT2D eigenvalue weighted by molar-refractivity contribution is 7.91. The van der Waals surface area contributed by atoms with E-state index in [1.54, 1.807) is 28.8 Å². The molecule has 1 aliphatic carbocycles. The summed E-state index contributed by atoms with van der Waals surface area (Å²) in [5.41, 5.74) is 2.35. The number of hydrogen-bond acceptors (Lipinski definition) is 7. The summed E-state index contributed by atoms with van der Waals surface area (Å²) in [4.78, 5) is 13.4. The maximum absolute atomic E-state index is 12.6. The molecule has 0 atom stereocenters. The standard InChI is InChI=1S/C24H24N4O2S3/c29-33(30,20-7-4-14-31-20)27-18-10-12-28(13-11-18)23-21-19(16-5-2-1-3-6-16)15-32-24(21)26-22(25-23)17-8-9-17/h1-7,14-15,17-18,27H,8-13H2. The van der Waals surface area contributed by atoms with E-state index in [9.17, 15) is 8.42 Å². The second-order valence-electron chi connectivity index (χ2n) is 8.69. The van der Waals surface area contributed by atoms with Crippen molar-refractivity contribution in [3.8, 4) is 11.1 Å². The number of sulfonamides is 1. The molecule has 6 rings (SSSR count). The average molecular weight is 497 g/mol. The van der Waals surface area contributed by atoms with Crippen molar-refractivity contribution in [3.63, 3.8) is 0 Å². The molecule has 0 amide bonds. The van der Waals surface area contributed by atoms with Crippen LogP contribution in [0, 0.1) is 0 Å². The summed E-state index contributed by atoms with van der Waals surface area (Å²) in [6.07, 6.45) is 3.82. The van der Waals surface area contributed by atoms with Gasteiger partial charge in [-0.05, 0) is 42.7 Å². The number of nitrogens with one attached hydrogen (secondary N) is 1. The first-order valence-corrected chi connectivity index (χ1v) is 14.5. The number of fused-ring (bicyclic) bond motifs is 1. The fourth-order valence-corrected chi connectivity index (χ4v) is 7.69. The molecule has 1 aromatic carbocycles. The van der Waals surface area contributed by atoms with E-state index in [0.29, 0.717) is 10.1 Å². The fraction of sp³-hybridized carbons (Fsp3) is 0.333. The van der Waals surface area contributed by atoms with Gasteiger partial charge in [-0.25, -0.2) is 23.1 Å². The molecular weight excluding hydrogens is 472 g/mol. The topological polar surface area (TPSA) is 75.2 Å². The zero-order valence-electron chi connectivity index (χ0n) is 18.0. The van der Waals surface area contributed by atoms with E-state index >= 15 is 0 Å². The third kappa shape index (κ3) is 4.19. The second kappa shape index (κ2) is 8.47. The SMILES string of the molecule is O=S(=O)(NC1CCN(c2nc(C3CC3)nc3scc(-c4ccccc4)c23)CC1)c1cccs1. The third-order valence-electron chi connectivity index (χ3n) is 6.34. The van der Waals surface area contributed by atoms with Crippen molar-refractivity contribution in [1.82, 2.24) is 14.7 Å². The molecule has 1 saturated carbocycles.